The minimum absolute atomic E-state index is 0.174. The fraction of sp³-hybridized carbons (Fsp3) is 0.333. The molecule has 2 aliphatic rings. The number of esters is 1. The highest BCUT2D eigenvalue weighted by atomic mass is 32.2. The van der Waals surface area contributed by atoms with Gasteiger partial charge in [0.2, 0.25) is 5.91 Å². The Morgan fingerprint density at radius 2 is 1.79 bits per heavy atom. The SMILES string of the molecule is CCOc1cc(/C=C2/SC(=O)N(CC(=O)Nc3ccc(N4CCOCC4)cc3)C2=O)ccc1OCC(=O)OC. The lowest BCUT2D eigenvalue weighted by Gasteiger charge is -2.28. The monoisotopic (exact) mass is 555 g/mol. The van der Waals surface area contributed by atoms with E-state index in [-0.39, 0.29) is 11.5 Å². The summed E-state index contributed by atoms with van der Waals surface area (Å²) in [7, 11) is 1.26. The van der Waals surface area contributed by atoms with Gasteiger partial charge in [0.25, 0.3) is 11.1 Å². The maximum Gasteiger partial charge on any atom is 0.343 e. The number of anilines is 2. The van der Waals surface area contributed by atoms with E-state index in [1.54, 1.807) is 43.3 Å². The first-order chi connectivity index (χ1) is 18.9. The van der Waals surface area contributed by atoms with Crippen molar-refractivity contribution < 1.29 is 38.1 Å². The number of hydrogen-bond donors (Lipinski definition) is 1. The van der Waals surface area contributed by atoms with Crippen LogP contribution in [0.4, 0.5) is 16.2 Å². The van der Waals surface area contributed by atoms with E-state index in [0.717, 1.165) is 35.4 Å². The van der Waals surface area contributed by atoms with Crippen LogP contribution < -0.4 is 19.7 Å². The number of carbonyl (C=O) groups is 4. The van der Waals surface area contributed by atoms with E-state index < -0.39 is 29.6 Å². The molecule has 0 saturated carbocycles. The van der Waals surface area contributed by atoms with Crippen molar-refractivity contribution in [2.75, 3.05) is 63.4 Å². The lowest BCUT2D eigenvalue weighted by molar-refractivity contribution is -0.143. The van der Waals surface area contributed by atoms with Crippen LogP contribution >= 0.6 is 11.8 Å². The maximum atomic E-state index is 12.9. The summed E-state index contributed by atoms with van der Waals surface area (Å²) >= 11 is 0.753. The second-order valence-corrected chi connectivity index (χ2v) is 9.46. The number of imide groups is 1. The van der Waals surface area contributed by atoms with Crippen LogP contribution in [-0.2, 0) is 23.9 Å². The standard InChI is InChI=1S/C27H29N3O8S/c1-3-37-22-14-18(4-9-21(22)38-17-25(32)35-2)15-23-26(33)30(27(34)39-23)16-24(31)28-19-5-7-20(8-6-19)29-10-12-36-13-11-29/h4-9,14-15H,3,10-13,16-17H2,1-2H3,(H,28,31)/b23-15+. The molecule has 0 aromatic heterocycles. The maximum absolute atomic E-state index is 12.9. The van der Waals surface area contributed by atoms with Crippen molar-refractivity contribution in [2.24, 2.45) is 0 Å². The molecular weight excluding hydrogens is 526 g/mol. The van der Waals surface area contributed by atoms with Gasteiger partial charge in [0, 0.05) is 24.5 Å². The molecule has 12 heteroatoms. The Hall–Kier alpha value is -4.03. The molecule has 0 aliphatic carbocycles. The summed E-state index contributed by atoms with van der Waals surface area (Å²) < 4.78 is 21.0. The van der Waals surface area contributed by atoms with Gasteiger partial charge in [-0.15, -0.1) is 0 Å². The number of amides is 3. The second kappa shape index (κ2) is 13.2. The normalized spacial score (nSPS) is 16.4. The van der Waals surface area contributed by atoms with Crippen molar-refractivity contribution in [1.29, 1.82) is 0 Å². The summed E-state index contributed by atoms with van der Waals surface area (Å²) in [4.78, 5) is 52.8. The van der Waals surface area contributed by atoms with Crippen LogP contribution in [0.3, 0.4) is 0 Å². The minimum atomic E-state index is -0.563. The Morgan fingerprint density at radius 1 is 1.05 bits per heavy atom. The molecule has 0 unspecified atom stereocenters. The van der Waals surface area contributed by atoms with Gasteiger partial charge >= 0.3 is 5.97 Å². The zero-order valence-corrected chi connectivity index (χ0v) is 22.5. The third kappa shape index (κ3) is 7.30. The lowest BCUT2D eigenvalue weighted by atomic mass is 10.2. The third-order valence-corrected chi connectivity index (χ3v) is 6.75. The van der Waals surface area contributed by atoms with E-state index in [2.05, 4.69) is 15.0 Å². The van der Waals surface area contributed by atoms with Gasteiger partial charge in [-0.2, -0.15) is 0 Å². The Labute approximate surface area is 230 Å². The largest absolute Gasteiger partial charge is 0.490 e. The number of morpholine rings is 1. The molecule has 39 heavy (non-hydrogen) atoms. The quantitative estimate of drug-likeness (QED) is 0.345. The summed E-state index contributed by atoms with van der Waals surface area (Å²) in [5.74, 6) is -0.880. The van der Waals surface area contributed by atoms with E-state index in [4.69, 9.17) is 14.2 Å². The van der Waals surface area contributed by atoms with Gasteiger partial charge in [-0.25, -0.2) is 4.79 Å². The van der Waals surface area contributed by atoms with Crippen LogP contribution in [0.15, 0.2) is 47.4 Å². The topological polar surface area (TPSA) is 124 Å². The van der Waals surface area contributed by atoms with Crippen LogP contribution in [0, 0.1) is 0 Å². The molecule has 11 nitrogen and oxygen atoms in total. The highest BCUT2D eigenvalue weighted by molar-refractivity contribution is 8.18. The predicted molar refractivity (Wildman–Crippen MR) is 146 cm³/mol. The summed E-state index contributed by atoms with van der Waals surface area (Å²) in [5.41, 5.74) is 2.18. The Bertz CT molecular complexity index is 1260. The summed E-state index contributed by atoms with van der Waals surface area (Å²) in [6.07, 6.45) is 1.54. The van der Waals surface area contributed by atoms with Gasteiger partial charge < -0.3 is 29.2 Å². The molecule has 0 bridgehead atoms. The number of carbonyl (C=O) groups excluding carboxylic acids is 4. The van der Waals surface area contributed by atoms with E-state index in [9.17, 15) is 19.2 Å². The minimum Gasteiger partial charge on any atom is -0.490 e. The van der Waals surface area contributed by atoms with Crippen molar-refractivity contribution in [2.45, 2.75) is 6.92 Å². The van der Waals surface area contributed by atoms with Crippen LogP contribution in [0.5, 0.6) is 11.5 Å². The number of hydrogen-bond acceptors (Lipinski definition) is 10. The fourth-order valence-electron chi connectivity index (χ4n) is 3.91. The molecule has 2 saturated heterocycles. The van der Waals surface area contributed by atoms with Gasteiger partial charge in [-0.1, -0.05) is 6.07 Å². The van der Waals surface area contributed by atoms with Crippen LogP contribution in [0.1, 0.15) is 12.5 Å². The number of methoxy groups -OCH3 is 1. The molecule has 206 valence electrons. The van der Waals surface area contributed by atoms with Gasteiger partial charge in [0.15, 0.2) is 18.1 Å². The molecule has 2 aromatic carbocycles. The van der Waals surface area contributed by atoms with E-state index in [1.165, 1.54) is 7.11 Å². The van der Waals surface area contributed by atoms with E-state index in [0.29, 0.717) is 42.6 Å². The van der Waals surface area contributed by atoms with Gasteiger partial charge in [-0.05, 0) is 66.7 Å². The van der Waals surface area contributed by atoms with Crippen molar-refractivity contribution in [1.82, 2.24) is 4.90 Å². The van der Waals surface area contributed by atoms with Crippen molar-refractivity contribution >= 4 is 52.2 Å². The number of nitrogens with zero attached hydrogens (tertiary/aromatic N) is 2. The van der Waals surface area contributed by atoms with Crippen LogP contribution in [0.2, 0.25) is 0 Å². The molecule has 2 aliphatic heterocycles. The molecule has 2 fully saturated rings. The number of benzene rings is 2. The number of ether oxygens (including phenoxy) is 4. The molecule has 0 radical (unpaired) electrons. The molecular formula is C27H29N3O8S. The summed E-state index contributed by atoms with van der Waals surface area (Å²) in [5, 5.41) is 2.20. The zero-order valence-electron chi connectivity index (χ0n) is 21.6. The van der Waals surface area contributed by atoms with Crippen LogP contribution in [0.25, 0.3) is 6.08 Å². The first-order valence-corrected chi connectivity index (χ1v) is 13.1. The summed E-state index contributed by atoms with van der Waals surface area (Å²) in [6.45, 7) is 4.42. The lowest BCUT2D eigenvalue weighted by Crippen LogP contribution is -2.36. The highest BCUT2D eigenvalue weighted by Crippen LogP contribution is 2.34. The molecule has 0 spiro atoms. The second-order valence-electron chi connectivity index (χ2n) is 8.47. The smallest absolute Gasteiger partial charge is 0.343 e. The first kappa shape index (κ1) is 28.0. The van der Waals surface area contributed by atoms with Crippen molar-refractivity contribution in [3.05, 3.63) is 52.9 Å². The molecule has 4 rings (SSSR count). The molecule has 1 N–H and O–H groups in total. The van der Waals surface area contributed by atoms with Gasteiger partial charge in [0.1, 0.15) is 6.54 Å². The van der Waals surface area contributed by atoms with E-state index >= 15 is 0 Å². The molecule has 3 amide bonds. The molecule has 0 atom stereocenters. The van der Waals surface area contributed by atoms with Crippen molar-refractivity contribution in [3.63, 3.8) is 0 Å². The molecule has 2 aromatic rings. The van der Waals surface area contributed by atoms with Crippen LogP contribution in [-0.4, -0.2) is 81.1 Å². The van der Waals surface area contributed by atoms with Gasteiger partial charge in [-0.3, -0.25) is 19.3 Å². The number of thioether (sulfide) groups is 1. The Balaban J connectivity index is 1.38. The average Bonchev–Trinajstić information content (AvgIpc) is 3.20. The third-order valence-electron chi connectivity index (χ3n) is 5.84. The Kier molecular flexibility index (Phi) is 9.45. The predicted octanol–water partition coefficient (Wildman–Crippen LogP) is 3.15. The summed E-state index contributed by atoms with van der Waals surface area (Å²) in [6, 6.07) is 12.3. The van der Waals surface area contributed by atoms with E-state index in [1.807, 2.05) is 12.1 Å². The average molecular weight is 556 g/mol. The molecule has 2 heterocycles. The fourth-order valence-corrected chi connectivity index (χ4v) is 4.74. The van der Waals surface area contributed by atoms with Crippen molar-refractivity contribution in [3.8, 4) is 11.5 Å². The number of rotatable bonds is 10. The van der Waals surface area contributed by atoms with Gasteiger partial charge in [0.05, 0.1) is 31.8 Å². The highest BCUT2D eigenvalue weighted by Gasteiger charge is 2.36. The zero-order chi connectivity index (χ0) is 27.8. The number of nitrogens with one attached hydrogen (secondary N) is 1. The first-order valence-electron chi connectivity index (χ1n) is 12.3. The Morgan fingerprint density at radius 3 is 2.49 bits per heavy atom.